The van der Waals surface area contributed by atoms with Gasteiger partial charge in [0.1, 0.15) is 16.8 Å². The van der Waals surface area contributed by atoms with Crippen LogP contribution in [0.25, 0.3) is 20.8 Å². The highest BCUT2D eigenvalue weighted by Crippen LogP contribution is 2.33. The molecular formula is C28H27N3O4S. The van der Waals surface area contributed by atoms with Crippen LogP contribution in [0, 0.1) is 0 Å². The Morgan fingerprint density at radius 2 is 1.69 bits per heavy atom. The molecule has 1 amide bonds. The number of carbonyl (C=O) groups is 2. The maximum absolute atomic E-state index is 13.4. The molecule has 5 rings (SSSR count). The lowest BCUT2D eigenvalue weighted by Gasteiger charge is -2.38. The summed E-state index contributed by atoms with van der Waals surface area (Å²) in [5, 5.41) is 0.863. The summed E-state index contributed by atoms with van der Waals surface area (Å²) in [6.07, 6.45) is 0. The van der Waals surface area contributed by atoms with Crippen LogP contribution in [0.3, 0.4) is 0 Å². The summed E-state index contributed by atoms with van der Waals surface area (Å²) >= 11 is 1.58. The van der Waals surface area contributed by atoms with Crippen LogP contribution in [0.2, 0.25) is 0 Å². The van der Waals surface area contributed by atoms with Crippen molar-refractivity contribution in [3.63, 3.8) is 0 Å². The molecule has 1 aliphatic heterocycles. The van der Waals surface area contributed by atoms with Crippen LogP contribution in [-0.2, 0) is 9.53 Å². The molecule has 0 saturated carbocycles. The number of carbonyl (C=O) groups excluding carboxylic acids is 2. The van der Waals surface area contributed by atoms with Crippen LogP contribution in [0.1, 0.15) is 22.0 Å². The number of piperazine rings is 1. The quantitative estimate of drug-likeness (QED) is 0.359. The third kappa shape index (κ3) is 4.82. The van der Waals surface area contributed by atoms with E-state index in [1.165, 1.54) is 7.11 Å². The van der Waals surface area contributed by atoms with Gasteiger partial charge in [-0.2, -0.15) is 0 Å². The van der Waals surface area contributed by atoms with Gasteiger partial charge in [0.15, 0.2) is 0 Å². The number of hydrogen-bond donors (Lipinski definition) is 0. The van der Waals surface area contributed by atoms with Crippen molar-refractivity contribution in [3.8, 4) is 16.3 Å². The minimum absolute atomic E-state index is 0.0198. The van der Waals surface area contributed by atoms with Crippen molar-refractivity contribution in [2.45, 2.75) is 6.04 Å². The molecule has 8 heteroatoms. The molecule has 7 nitrogen and oxygen atoms in total. The zero-order valence-corrected chi connectivity index (χ0v) is 21.0. The van der Waals surface area contributed by atoms with Crippen molar-refractivity contribution in [3.05, 3.63) is 83.9 Å². The van der Waals surface area contributed by atoms with Crippen LogP contribution < -0.4 is 4.74 Å². The van der Waals surface area contributed by atoms with Gasteiger partial charge in [-0.15, -0.1) is 11.3 Å². The molecule has 0 aliphatic carbocycles. The van der Waals surface area contributed by atoms with Crippen LogP contribution in [-0.4, -0.2) is 67.1 Å². The van der Waals surface area contributed by atoms with Gasteiger partial charge in [-0.1, -0.05) is 42.5 Å². The minimum Gasteiger partial charge on any atom is -0.497 e. The number of ether oxygens (including phenoxy) is 2. The molecule has 1 aliphatic rings. The number of amides is 1. The number of rotatable bonds is 6. The van der Waals surface area contributed by atoms with Gasteiger partial charge in [-0.3, -0.25) is 9.69 Å². The molecule has 4 aromatic rings. The fourth-order valence-corrected chi connectivity index (χ4v) is 5.54. The summed E-state index contributed by atoms with van der Waals surface area (Å²) in [7, 11) is 3.06. The first kappa shape index (κ1) is 24.0. The van der Waals surface area contributed by atoms with E-state index in [1.807, 2.05) is 77.7 Å². The minimum atomic E-state index is -0.477. The molecule has 3 aromatic carbocycles. The third-order valence-electron chi connectivity index (χ3n) is 6.46. The fraction of sp³-hybridized carbons (Fsp3) is 0.250. The summed E-state index contributed by atoms with van der Waals surface area (Å²) in [5.74, 6) is 0.484. The summed E-state index contributed by atoms with van der Waals surface area (Å²) in [6, 6.07) is 22.6. The predicted molar refractivity (Wildman–Crippen MR) is 140 cm³/mol. The Kier molecular flexibility index (Phi) is 6.97. The molecule has 2 heterocycles. The normalized spacial score (nSPS) is 15.0. The van der Waals surface area contributed by atoms with E-state index in [-0.39, 0.29) is 11.9 Å². The molecule has 1 saturated heterocycles. The zero-order chi connectivity index (χ0) is 25.1. The van der Waals surface area contributed by atoms with E-state index in [2.05, 4.69) is 4.90 Å². The molecule has 0 spiro atoms. The van der Waals surface area contributed by atoms with E-state index in [0.717, 1.165) is 32.1 Å². The SMILES string of the molecule is COC(=O)C(c1ccccc1)N1CCN(C(=O)c2cccc(-c3nc4ccc(OC)cc4s3)c2)CC1. The predicted octanol–water partition coefficient (Wildman–Crippen LogP) is 4.64. The average Bonchev–Trinajstić information content (AvgIpc) is 3.37. The van der Waals surface area contributed by atoms with Crippen molar-refractivity contribution >= 4 is 33.4 Å². The lowest BCUT2D eigenvalue weighted by molar-refractivity contribution is -0.148. The Morgan fingerprint density at radius 3 is 2.42 bits per heavy atom. The standard InChI is InChI=1S/C28H27N3O4S/c1-34-22-11-12-23-24(18-22)36-26(29-23)20-9-6-10-21(17-20)27(32)31-15-13-30(14-16-31)25(28(33)35-2)19-7-4-3-5-8-19/h3-12,17-18,25H,13-16H2,1-2H3. The van der Waals surface area contributed by atoms with E-state index in [4.69, 9.17) is 14.5 Å². The Bertz CT molecular complexity index is 1380. The Hall–Kier alpha value is -3.75. The molecular weight excluding hydrogens is 474 g/mol. The van der Waals surface area contributed by atoms with Gasteiger partial charge < -0.3 is 14.4 Å². The highest BCUT2D eigenvalue weighted by molar-refractivity contribution is 7.21. The van der Waals surface area contributed by atoms with Gasteiger partial charge in [0.25, 0.3) is 5.91 Å². The topological polar surface area (TPSA) is 72.0 Å². The van der Waals surface area contributed by atoms with Crippen molar-refractivity contribution in [1.29, 1.82) is 0 Å². The number of esters is 1. The van der Waals surface area contributed by atoms with E-state index in [1.54, 1.807) is 18.4 Å². The van der Waals surface area contributed by atoms with Crippen LogP contribution in [0.4, 0.5) is 0 Å². The van der Waals surface area contributed by atoms with E-state index in [0.29, 0.717) is 31.7 Å². The highest BCUT2D eigenvalue weighted by Gasteiger charge is 2.32. The highest BCUT2D eigenvalue weighted by atomic mass is 32.1. The lowest BCUT2D eigenvalue weighted by atomic mass is 10.0. The van der Waals surface area contributed by atoms with Gasteiger partial charge in [0.05, 0.1) is 24.4 Å². The Labute approximate surface area is 213 Å². The van der Waals surface area contributed by atoms with Gasteiger partial charge in [0.2, 0.25) is 0 Å². The first-order valence-corrected chi connectivity index (χ1v) is 12.6. The van der Waals surface area contributed by atoms with Crippen molar-refractivity contribution in [2.24, 2.45) is 0 Å². The second kappa shape index (κ2) is 10.5. The van der Waals surface area contributed by atoms with E-state index >= 15 is 0 Å². The third-order valence-corrected chi connectivity index (χ3v) is 7.53. The first-order chi connectivity index (χ1) is 17.6. The molecule has 0 bridgehead atoms. The molecule has 1 aromatic heterocycles. The monoisotopic (exact) mass is 501 g/mol. The molecule has 1 fully saturated rings. The number of hydrogen-bond acceptors (Lipinski definition) is 7. The zero-order valence-electron chi connectivity index (χ0n) is 20.2. The van der Waals surface area contributed by atoms with Gasteiger partial charge >= 0.3 is 5.97 Å². The van der Waals surface area contributed by atoms with Crippen molar-refractivity contribution in [1.82, 2.24) is 14.8 Å². The Balaban J connectivity index is 1.30. The number of thiazole rings is 1. The maximum atomic E-state index is 13.4. The van der Waals surface area contributed by atoms with Gasteiger partial charge in [0, 0.05) is 37.3 Å². The smallest absolute Gasteiger partial charge is 0.327 e. The van der Waals surface area contributed by atoms with Crippen molar-refractivity contribution in [2.75, 3.05) is 40.4 Å². The van der Waals surface area contributed by atoms with Crippen molar-refractivity contribution < 1.29 is 19.1 Å². The van der Waals surface area contributed by atoms with Crippen LogP contribution >= 0.6 is 11.3 Å². The molecule has 1 unspecified atom stereocenters. The lowest BCUT2D eigenvalue weighted by Crippen LogP contribution is -2.51. The molecule has 0 radical (unpaired) electrons. The Morgan fingerprint density at radius 1 is 0.917 bits per heavy atom. The average molecular weight is 502 g/mol. The second-order valence-electron chi connectivity index (χ2n) is 8.60. The van der Waals surface area contributed by atoms with E-state index < -0.39 is 6.04 Å². The van der Waals surface area contributed by atoms with Crippen LogP contribution in [0.15, 0.2) is 72.8 Å². The largest absolute Gasteiger partial charge is 0.497 e. The van der Waals surface area contributed by atoms with Gasteiger partial charge in [-0.25, -0.2) is 9.78 Å². The molecule has 184 valence electrons. The summed E-state index contributed by atoms with van der Waals surface area (Å²) in [5.41, 5.74) is 3.34. The number of fused-ring (bicyclic) bond motifs is 1. The maximum Gasteiger partial charge on any atom is 0.327 e. The second-order valence-corrected chi connectivity index (χ2v) is 9.63. The molecule has 0 N–H and O–H groups in total. The first-order valence-electron chi connectivity index (χ1n) is 11.8. The van der Waals surface area contributed by atoms with E-state index in [9.17, 15) is 9.59 Å². The molecule has 36 heavy (non-hydrogen) atoms. The molecule has 1 atom stereocenters. The summed E-state index contributed by atoms with van der Waals surface area (Å²) < 4.78 is 11.4. The number of benzene rings is 3. The number of methoxy groups -OCH3 is 2. The summed E-state index contributed by atoms with van der Waals surface area (Å²) in [4.78, 5) is 34.6. The number of nitrogens with zero attached hydrogens (tertiary/aromatic N) is 3. The summed E-state index contributed by atoms with van der Waals surface area (Å²) in [6.45, 7) is 2.23. The number of aromatic nitrogens is 1. The van der Waals surface area contributed by atoms with Gasteiger partial charge in [-0.05, 0) is 35.9 Å². The van der Waals surface area contributed by atoms with Crippen LogP contribution in [0.5, 0.6) is 5.75 Å². The fourth-order valence-electron chi connectivity index (χ4n) is 4.55.